The van der Waals surface area contributed by atoms with E-state index in [0.717, 1.165) is 17.8 Å². The standard InChI is InChI=1S/C28H24N2O6S/c1-4-14-34-18-12-10-17(11-13-18)22-21-23(31)19-8-6-7-9-20(19)36-24(21)26(32)30(22)28-29-16(3)25(37-28)27(33)35-15-5-2/h5-13,22H,2,4,14-15H2,1,3H3. The monoisotopic (exact) mass is 516 g/mol. The van der Waals surface area contributed by atoms with E-state index in [1.54, 1.807) is 43.3 Å². The zero-order valence-corrected chi connectivity index (χ0v) is 21.2. The van der Waals surface area contributed by atoms with Crippen molar-refractivity contribution in [1.82, 2.24) is 4.98 Å². The molecule has 1 unspecified atom stereocenters. The average Bonchev–Trinajstić information content (AvgIpc) is 3.43. The number of carbonyl (C=O) groups is 2. The van der Waals surface area contributed by atoms with Gasteiger partial charge in [-0.15, -0.1) is 0 Å². The van der Waals surface area contributed by atoms with E-state index in [-0.39, 0.29) is 33.4 Å². The topological polar surface area (TPSA) is 98.9 Å². The molecule has 9 heteroatoms. The number of benzene rings is 2. The highest BCUT2D eigenvalue weighted by Crippen LogP contribution is 2.43. The third kappa shape index (κ3) is 4.31. The normalized spacial score (nSPS) is 14.6. The Hall–Kier alpha value is -4.24. The molecule has 0 saturated heterocycles. The summed E-state index contributed by atoms with van der Waals surface area (Å²) in [6, 6.07) is 13.3. The van der Waals surface area contributed by atoms with Gasteiger partial charge in [-0.05, 0) is 43.2 Å². The highest BCUT2D eigenvalue weighted by molar-refractivity contribution is 7.17. The van der Waals surface area contributed by atoms with Gasteiger partial charge in [-0.1, -0.05) is 55.2 Å². The fourth-order valence-electron chi connectivity index (χ4n) is 4.27. The molecule has 0 N–H and O–H groups in total. The summed E-state index contributed by atoms with van der Waals surface area (Å²) in [4.78, 5) is 46.2. The summed E-state index contributed by atoms with van der Waals surface area (Å²) in [6.45, 7) is 7.88. The van der Waals surface area contributed by atoms with Crippen molar-refractivity contribution in [1.29, 1.82) is 0 Å². The van der Waals surface area contributed by atoms with Gasteiger partial charge in [0.15, 0.2) is 10.6 Å². The van der Waals surface area contributed by atoms with Crippen LogP contribution in [0, 0.1) is 6.92 Å². The summed E-state index contributed by atoms with van der Waals surface area (Å²) in [5, 5.41) is 0.645. The van der Waals surface area contributed by atoms with Crippen molar-refractivity contribution in [2.24, 2.45) is 0 Å². The molecule has 2 aromatic heterocycles. The zero-order chi connectivity index (χ0) is 26.1. The number of esters is 1. The Morgan fingerprint density at radius 2 is 1.95 bits per heavy atom. The minimum absolute atomic E-state index is 0.0383. The lowest BCUT2D eigenvalue weighted by atomic mass is 9.98. The van der Waals surface area contributed by atoms with Crippen LogP contribution in [0.3, 0.4) is 0 Å². The van der Waals surface area contributed by atoms with Crippen LogP contribution in [-0.4, -0.2) is 30.1 Å². The van der Waals surface area contributed by atoms with E-state index in [9.17, 15) is 14.4 Å². The predicted octanol–water partition coefficient (Wildman–Crippen LogP) is 5.44. The number of carbonyl (C=O) groups excluding carboxylic acids is 2. The minimum atomic E-state index is -0.800. The van der Waals surface area contributed by atoms with Crippen molar-refractivity contribution in [3.63, 3.8) is 0 Å². The molecule has 1 aliphatic rings. The maximum Gasteiger partial charge on any atom is 0.350 e. The molecule has 0 aliphatic carbocycles. The Balaban J connectivity index is 1.66. The highest BCUT2D eigenvalue weighted by Gasteiger charge is 2.45. The van der Waals surface area contributed by atoms with Crippen LogP contribution in [0.15, 0.2) is 70.4 Å². The molecule has 5 rings (SSSR count). The lowest BCUT2D eigenvalue weighted by Gasteiger charge is -2.22. The van der Waals surface area contributed by atoms with Crippen molar-refractivity contribution in [3.8, 4) is 5.75 Å². The van der Waals surface area contributed by atoms with E-state index >= 15 is 0 Å². The van der Waals surface area contributed by atoms with Crippen LogP contribution in [0.5, 0.6) is 5.75 Å². The third-order valence-corrected chi connectivity index (χ3v) is 7.09. The molecule has 37 heavy (non-hydrogen) atoms. The maximum atomic E-state index is 13.8. The summed E-state index contributed by atoms with van der Waals surface area (Å²) in [7, 11) is 0. The van der Waals surface area contributed by atoms with Crippen molar-refractivity contribution in [3.05, 3.63) is 98.9 Å². The van der Waals surface area contributed by atoms with Gasteiger partial charge in [0.2, 0.25) is 5.76 Å². The Bertz CT molecular complexity index is 1570. The van der Waals surface area contributed by atoms with E-state index in [1.807, 2.05) is 19.1 Å². The number of hydrogen-bond donors (Lipinski definition) is 0. The highest BCUT2D eigenvalue weighted by atomic mass is 32.1. The number of nitrogens with zero attached hydrogens (tertiary/aromatic N) is 2. The molecule has 188 valence electrons. The molecule has 1 amide bonds. The zero-order valence-electron chi connectivity index (χ0n) is 20.4. The van der Waals surface area contributed by atoms with E-state index in [4.69, 9.17) is 13.9 Å². The number of aryl methyl sites for hydroxylation is 1. The second kappa shape index (κ2) is 10.0. The van der Waals surface area contributed by atoms with Gasteiger partial charge >= 0.3 is 5.97 Å². The van der Waals surface area contributed by atoms with Gasteiger partial charge in [0.1, 0.15) is 22.8 Å². The Kier molecular flexibility index (Phi) is 6.62. The van der Waals surface area contributed by atoms with Gasteiger partial charge in [0.05, 0.1) is 29.3 Å². The van der Waals surface area contributed by atoms with Gasteiger partial charge in [0.25, 0.3) is 5.91 Å². The van der Waals surface area contributed by atoms with Crippen molar-refractivity contribution in [2.75, 3.05) is 18.1 Å². The maximum absolute atomic E-state index is 13.8. The first-order chi connectivity index (χ1) is 17.9. The Morgan fingerprint density at radius 3 is 2.68 bits per heavy atom. The second-order valence-corrected chi connectivity index (χ2v) is 9.44. The largest absolute Gasteiger partial charge is 0.494 e. The van der Waals surface area contributed by atoms with E-state index in [1.165, 1.54) is 11.0 Å². The first-order valence-electron chi connectivity index (χ1n) is 11.8. The van der Waals surface area contributed by atoms with Gasteiger partial charge < -0.3 is 13.9 Å². The number of hydrogen-bond acceptors (Lipinski definition) is 8. The summed E-state index contributed by atoms with van der Waals surface area (Å²) in [6.07, 6.45) is 2.34. The van der Waals surface area contributed by atoms with Crippen LogP contribution >= 0.6 is 11.3 Å². The van der Waals surface area contributed by atoms with Gasteiger partial charge in [-0.25, -0.2) is 9.78 Å². The molecule has 3 heterocycles. The fourth-order valence-corrected chi connectivity index (χ4v) is 5.26. The third-order valence-electron chi connectivity index (χ3n) is 5.96. The number of anilines is 1. The van der Waals surface area contributed by atoms with Crippen LogP contribution in [0.1, 0.15) is 56.4 Å². The first kappa shape index (κ1) is 24.5. The summed E-state index contributed by atoms with van der Waals surface area (Å²) >= 11 is 1.03. The fraction of sp³-hybridized carbons (Fsp3) is 0.214. The Labute approximate surface area is 216 Å². The van der Waals surface area contributed by atoms with Gasteiger partial charge in [-0.3, -0.25) is 14.5 Å². The SMILES string of the molecule is C=CCOC(=O)c1sc(N2C(=O)c3oc4ccccc4c(=O)c3C2c2ccc(OCCC)cc2)nc1C. The number of thiazole rings is 1. The van der Waals surface area contributed by atoms with E-state index in [0.29, 0.717) is 34.6 Å². The lowest BCUT2D eigenvalue weighted by molar-refractivity contribution is 0.0554. The summed E-state index contributed by atoms with van der Waals surface area (Å²) < 4.78 is 16.9. The van der Waals surface area contributed by atoms with Crippen LogP contribution in [-0.2, 0) is 4.74 Å². The molecule has 4 aromatic rings. The quantitative estimate of drug-likeness (QED) is 0.227. The van der Waals surface area contributed by atoms with Crippen molar-refractivity contribution in [2.45, 2.75) is 26.3 Å². The first-order valence-corrected chi connectivity index (χ1v) is 12.6. The molecule has 0 spiro atoms. The van der Waals surface area contributed by atoms with Crippen molar-refractivity contribution < 1.29 is 23.5 Å². The van der Waals surface area contributed by atoms with Gasteiger partial charge in [0, 0.05) is 0 Å². The second-order valence-electron chi connectivity index (χ2n) is 8.46. The molecule has 0 saturated carbocycles. The molecule has 0 fully saturated rings. The average molecular weight is 517 g/mol. The molecule has 0 bridgehead atoms. The van der Waals surface area contributed by atoms with E-state index < -0.39 is 17.9 Å². The molecule has 0 radical (unpaired) electrons. The Morgan fingerprint density at radius 1 is 1.19 bits per heavy atom. The molecular weight excluding hydrogens is 492 g/mol. The van der Waals surface area contributed by atoms with Crippen LogP contribution in [0.25, 0.3) is 11.0 Å². The number of ether oxygens (including phenoxy) is 2. The number of amides is 1. The number of rotatable bonds is 8. The summed E-state index contributed by atoms with van der Waals surface area (Å²) in [5.41, 5.74) is 1.37. The van der Waals surface area contributed by atoms with Crippen LogP contribution < -0.4 is 15.1 Å². The van der Waals surface area contributed by atoms with Crippen molar-refractivity contribution >= 4 is 39.3 Å². The molecule has 1 aliphatic heterocycles. The smallest absolute Gasteiger partial charge is 0.350 e. The number of aromatic nitrogens is 1. The minimum Gasteiger partial charge on any atom is -0.494 e. The molecular formula is C28H24N2O6S. The molecule has 8 nitrogen and oxygen atoms in total. The lowest BCUT2D eigenvalue weighted by Crippen LogP contribution is -2.29. The van der Waals surface area contributed by atoms with Crippen LogP contribution in [0.2, 0.25) is 0 Å². The van der Waals surface area contributed by atoms with Crippen LogP contribution in [0.4, 0.5) is 5.13 Å². The number of para-hydroxylation sites is 1. The predicted molar refractivity (Wildman–Crippen MR) is 141 cm³/mol. The molecule has 1 atom stereocenters. The number of fused-ring (bicyclic) bond motifs is 2. The molecule has 2 aromatic carbocycles. The van der Waals surface area contributed by atoms with Gasteiger partial charge in [-0.2, -0.15) is 0 Å². The summed E-state index contributed by atoms with van der Waals surface area (Å²) in [5.74, 6) is -0.415. The van der Waals surface area contributed by atoms with E-state index in [2.05, 4.69) is 11.6 Å².